The maximum absolute atomic E-state index is 7.51. The van der Waals surface area contributed by atoms with Crippen LogP contribution in [0.15, 0.2) is 0 Å². The number of halogens is 2. The molecular formula is C30H62Cl2Si. The minimum absolute atomic E-state index is 0.555. The van der Waals surface area contributed by atoms with Gasteiger partial charge in [-0.3, -0.25) is 0 Å². The van der Waals surface area contributed by atoms with Crippen LogP contribution in [0.5, 0.6) is 0 Å². The zero-order valence-electron chi connectivity index (χ0n) is 23.7. The Kier molecular flexibility index (Phi) is 22.6. The highest BCUT2D eigenvalue weighted by Crippen LogP contribution is 2.52. The van der Waals surface area contributed by atoms with Crippen LogP contribution in [0.1, 0.15) is 170 Å². The summed E-state index contributed by atoms with van der Waals surface area (Å²) < 4.78 is 0. The van der Waals surface area contributed by atoms with Gasteiger partial charge in [0.1, 0.15) is 0 Å². The molecule has 0 bridgehead atoms. The molecule has 0 fully saturated rings. The Morgan fingerprint density at radius 3 is 1.00 bits per heavy atom. The van der Waals surface area contributed by atoms with Gasteiger partial charge in [-0.05, 0) is 22.9 Å². The molecule has 200 valence electrons. The molecule has 0 aliphatic carbocycles. The third-order valence-corrected chi connectivity index (χ3v) is 15.4. The predicted molar refractivity (Wildman–Crippen MR) is 158 cm³/mol. The van der Waals surface area contributed by atoms with Crippen molar-refractivity contribution in [3.63, 3.8) is 0 Å². The molecule has 4 atom stereocenters. The Labute approximate surface area is 221 Å². The summed E-state index contributed by atoms with van der Waals surface area (Å²) in [6, 6.07) is 0. The topological polar surface area (TPSA) is 0 Å². The Morgan fingerprint density at radius 2 is 0.727 bits per heavy atom. The van der Waals surface area contributed by atoms with E-state index in [0.29, 0.717) is 22.9 Å². The van der Waals surface area contributed by atoms with Crippen LogP contribution in [-0.4, -0.2) is 6.69 Å². The van der Waals surface area contributed by atoms with Crippen molar-refractivity contribution in [2.24, 2.45) is 11.8 Å². The number of rotatable bonds is 24. The molecule has 2 unspecified atom stereocenters. The zero-order chi connectivity index (χ0) is 25.0. The molecular weight excluding hydrogens is 459 g/mol. The second-order valence-electron chi connectivity index (χ2n) is 11.2. The van der Waals surface area contributed by atoms with Gasteiger partial charge in [0.15, 0.2) is 0 Å². The van der Waals surface area contributed by atoms with Crippen molar-refractivity contribution in [2.45, 2.75) is 181 Å². The molecule has 0 aromatic heterocycles. The first-order valence-electron chi connectivity index (χ1n) is 15.2. The first-order chi connectivity index (χ1) is 15.9. The summed E-state index contributed by atoms with van der Waals surface area (Å²) >= 11 is 15.0. The second kappa shape index (κ2) is 22.0. The highest BCUT2D eigenvalue weighted by Gasteiger charge is 2.48. The van der Waals surface area contributed by atoms with E-state index in [0.717, 1.165) is 0 Å². The highest BCUT2D eigenvalue weighted by atomic mass is 35.7. The summed E-state index contributed by atoms with van der Waals surface area (Å²) in [6.07, 6.45) is 27.1. The Hall–Kier alpha value is 0.797. The van der Waals surface area contributed by atoms with Crippen LogP contribution in [0.3, 0.4) is 0 Å². The van der Waals surface area contributed by atoms with Crippen LogP contribution in [-0.2, 0) is 0 Å². The molecule has 0 rings (SSSR count). The van der Waals surface area contributed by atoms with Gasteiger partial charge < -0.3 is 0 Å². The van der Waals surface area contributed by atoms with Gasteiger partial charge in [0.05, 0.1) is 0 Å². The number of hydrogen-bond acceptors (Lipinski definition) is 0. The summed E-state index contributed by atoms with van der Waals surface area (Å²) in [5.41, 5.74) is 1.11. The lowest BCUT2D eigenvalue weighted by Crippen LogP contribution is -2.39. The molecule has 0 aliphatic heterocycles. The van der Waals surface area contributed by atoms with Gasteiger partial charge in [0.2, 0.25) is 0 Å². The maximum Gasteiger partial charge on any atom is 0.257 e. The Bertz CT molecular complexity index is 376. The van der Waals surface area contributed by atoms with Crippen molar-refractivity contribution in [2.75, 3.05) is 0 Å². The van der Waals surface area contributed by atoms with Gasteiger partial charge in [-0.25, -0.2) is 0 Å². The lowest BCUT2D eigenvalue weighted by molar-refractivity contribution is 0.426. The molecule has 0 aromatic carbocycles. The minimum Gasteiger partial charge on any atom is -0.145 e. The normalized spacial score (nSPS) is 16.0. The van der Waals surface area contributed by atoms with Crippen molar-refractivity contribution in [3.8, 4) is 0 Å². The van der Waals surface area contributed by atoms with Crippen LogP contribution in [0.25, 0.3) is 0 Å². The van der Waals surface area contributed by atoms with Gasteiger partial charge in [-0.1, -0.05) is 170 Å². The lowest BCUT2D eigenvalue weighted by atomic mass is 9.97. The molecule has 0 N–H and O–H groups in total. The highest BCUT2D eigenvalue weighted by molar-refractivity contribution is 7.46. The van der Waals surface area contributed by atoms with Crippen molar-refractivity contribution >= 4 is 28.9 Å². The number of unbranched alkanes of at least 4 members (excludes halogenated alkanes) is 14. The van der Waals surface area contributed by atoms with Crippen LogP contribution < -0.4 is 0 Å². The van der Waals surface area contributed by atoms with Crippen LogP contribution in [0.4, 0.5) is 0 Å². The van der Waals surface area contributed by atoms with Gasteiger partial charge in [0, 0.05) is 0 Å². The van der Waals surface area contributed by atoms with E-state index < -0.39 is 6.69 Å². The fraction of sp³-hybridized carbons (Fsp3) is 1.00. The minimum atomic E-state index is -2.36. The summed E-state index contributed by atoms with van der Waals surface area (Å²) in [7, 11) is 0. The van der Waals surface area contributed by atoms with Crippen molar-refractivity contribution in [3.05, 3.63) is 0 Å². The molecule has 0 heterocycles. The van der Waals surface area contributed by atoms with E-state index in [1.807, 2.05) is 0 Å². The van der Waals surface area contributed by atoms with Crippen LogP contribution in [0.2, 0.25) is 11.1 Å². The van der Waals surface area contributed by atoms with Crippen LogP contribution in [0, 0.1) is 11.8 Å². The van der Waals surface area contributed by atoms with Gasteiger partial charge in [0.25, 0.3) is 6.69 Å². The zero-order valence-corrected chi connectivity index (χ0v) is 26.2. The monoisotopic (exact) mass is 520 g/mol. The van der Waals surface area contributed by atoms with E-state index in [1.54, 1.807) is 0 Å². The quantitative estimate of drug-likeness (QED) is 0.0673. The van der Waals surface area contributed by atoms with E-state index in [1.165, 1.54) is 128 Å². The largest absolute Gasteiger partial charge is 0.257 e. The summed E-state index contributed by atoms with van der Waals surface area (Å²) in [4.78, 5) is 0. The van der Waals surface area contributed by atoms with Crippen molar-refractivity contribution in [1.29, 1.82) is 0 Å². The Morgan fingerprint density at radius 1 is 0.455 bits per heavy atom. The maximum atomic E-state index is 7.51. The van der Waals surface area contributed by atoms with Crippen molar-refractivity contribution < 1.29 is 0 Å². The first kappa shape index (κ1) is 33.8. The summed E-state index contributed by atoms with van der Waals surface area (Å²) in [5.74, 6) is 1.31. The van der Waals surface area contributed by atoms with Crippen LogP contribution >= 0.6 is 22.2 Å². The van der Waals surface area contributed by atoms with E-state index in [2.05, 4.69) is 41.5 Å². The molecule has 0 aromatic rings. The molecule has 0 saturated heterocycles. The first-order valence-corrected chi connectivity index (χ1v) is 19.4. The predicted octanol–water partition coefficient (Wildman–Crippen LogP) is 12.8. The van der Waals surface area contributed by atoms with Gasteiger partial charge >= 0.3 is 0 Å². The van der Waals surface area contributed by atoms with E-state index in [4.69, 9.17) is 22.2 Å². The smallest absolute Gasteiger partial charge is 0.145 e. The summed E-state index contributed by atoms with van der Waals surface area (Å²) in [6.45, 7) is 11.7. The fourth-order valence-corrected chi connectivity index (χ4v) is 13.2. The third-order valence-electron chi connectivity index (χ3n) is 8.39. The molecule has 3 heteroatoms. The average molecular weight is 522 g/mol. The van der Waals surface area contributed by atoms with E-state index >= 15 is 0 Å². The van der Waals surface area contributed by atoms with Crippen molar-refractivity contribution in [1.82, 2.24) is 0 Å². The van der Waals surface area contributed by atoms with Gasteiger partial charge in [-0.2, -0.15) is 0 Å². The lowest BCUT2D eigenvalue weighted by Gasteiger charge is -2.40. The molecule has 0 saturated carbocycles. The number of hydrogen-bond donors (Lipinski definition) is 0. The standard InChI is InChI=1S/C30H62Cl2Si/c1-7-11-13-15-17-19-21-23-25-29(27(5)9-3)33(31,32)30(28(6)10-4)26-24-22-20-18-16-14-12-8-2/h27-30H,7-26H2,1-6H3/t27?,28?,29-,30-/m0/s1. The SMILES string of the molecule is CCCCCCCCCC[C@@H](C(C)CC)[Si](Cl)(Cl)[C@@H](CCCCCCCCCC)C(C)CC. The average Bonchev–Trinajstić information content (AvgIpc) is 2.80. The summed E-state index contributed by atoms with van der Waals surface area (Å²) in [5, 5.41) is 0. The van der Waals surface area contributed by atoms with E-state index in [-0.39, 0.29) is 0 Å². The van der Waals surface area contributed by atoms with E-state index in [9.17, 15) is 0 Å². The molecule has 0 amide bonds. The molecule has 0 spiro atoms. The molecule has 0 nitrogen and oxygen atoms in total. The second-order valence-corrected chi connectivity index (χ2v) is 18.4. The Balaban J connectivity index is 4.74. The third kappa shape index (κ3) is 15.5. The molecule has 33 heavy (non-hydrogen) atoms. The molecule has 0 radical (unpaired) electrons. The fourth-order valence-electron chi connectivity index (χ4n) is 5.55. The van der Waals surface area contributed by atoms with Gasteiger partial charge in [-0.15, -0.1) is 22.2 Å². The molecule has 0 aliphatic rings.